The molecule has 1 aliphatic heterocycles. The summed E-state index contributed by atoms with van der Waals surface area (Å²) in [5.74, 6) is -0.442. The molecule has 0 bridgehead atoms. The van der Waals surface area contributed by atoms with E-state index in [0.29, 0.717) is 5.56 Å². The van der Waals surface area contributed by atoms with Gasteiger partial charge in [-0.3, -0.25) is 4.79 Å². The molecule has 118 valence electrons. The highest BCUT2D eigenvalue weighted by Crippen LogP contribution is 2.19. The number of carbonyl (C=O) groups excluding carboxylic acids is 1. The van der Waals surface area contributed by atoms with Crippen LogP contribution in [0.25, 0.3) is 0 Å². The molecule has 2 unspecified atom stereocenters. The van der Waals surface area contributed by atoms with E-state index in [2.05, 4.69) is 10.6 Å². The zero-order valence-corrected chi connectivity index (χ0v) is 12.9. The summed E-state index contributed by atoms with van der Waals surface area (Å²) in [5.41, 5.74) is 0.0364. The summed E-state index contributed by atoms with van der Waals surface area (Å²) in [6.07, 6.45) is 2.08. The predicted octanol–water partition coefficient (Wildman–Crippen LogP) is 1.93. The average molecular weight is 317 g/mol. The zero-order chi connectivity index (χ0) is 14.6. The molecule has 1 aromatic carbocycles. The lowest BCUT2D eigenvalue weighted by Gasteiger charge is -2.33. The second kappa shape index (κ2) is 7.73. The normalized spacial score (nSPS) is 23.0. The maximum absolute atomic E-state index is 12.8. The Morgan fingerprint density at radius 1 is 1.43 bits per heavy atom. The van der Waals surface area contributed by atoms with Gasteiger partial charge in [0.15, 0.2) is 0 Å². The van der Waals surface area contributed by atoms with E-state index in [1.165, 1.54) is 24.3 Å². The highest BCUT2D eigenvalue weighted by atomic mass is 35.5. The number of rotatable bonds is 4. The number of nitrogens with one attached hydrogen (secondary N) is 2. The smallest absolute Gasteiger partial charge is 0.240 e. The maximum Gasteiger partial charge on any atom is 0.240 e. The zero-order valence-electron chi connectivity index (χ0n) is 12.1. The van der Waals surface area contributed by atoms with Gasteiger partial charge < -0.3 is 15.7 Å². The van der Waals surface area contributed by atoms with Gasteiger partial charge in [-0.25, -0.2) is 4.39 Å². The Morgan fingerprint density at radius 2 is 2.10 bits per heavy atom. The van der Waals surface area contributed by atoms with Gasteiger partial charge in [-0.1, -0.05) is 12.1 Å². The molecule has 2 rings (SSSR count). The summed E-state index contributed by atoms with van der Waals surface area (Å²) in [4.78, 5) is 12.2. The molecule has 3 N–H and O–H groups in total. The number of piperidine rings is 1. The number of aliphatic hydroxyl groups is 1. The highest BCUT2D eigenvalue weighted by Gasteiger charge is 2.34. The van der Waals surface area contributed by atoms with Crippen molar-refractivity contribution in [2.24, 2.45) is 0 Å². The van der Waals surface area contributed by atoms with Crippen LogP contribution in [0.15, 0.2) is 24.3 Å². The van der Waals surface area contributed by atoms with Gasteiger partial charge in [0, 0.05) is 6.54 Å². The van der Waals surface area contributed by atoms with E-state index in [4.69, 9.17) is 0 Å². The number of halogens is 2. The summed E-state index contributed by atoms with van der Waals surface area (Å²) in [6.45, 7) is 2.85. The molecule has 1 aromatic rings. The van der Waals surface area contributed by atoms with Gasteiger partial charge in [0.2, 0.25) is 5.91 Å². The molecule has 0 saturated carbocycles. The number of hydrogen-bond donors (Lipinski definition) is 3. The van der Waals surface area contributed by atoms with Crippen molar-refractivity contribution >= 4 is 18.3 Å². The van der Waals surface area contributed by atoms with Crippen molar-refractivity contribution in [3.8, 4) is 0 Å². The van der Waals surface area contributed by atoms with Crippen LogP contribution in [-0.2, 0) is 4.79 Å². The van der Waals surface area contributed by atoms with Crippen molar-refractivity contribution in [3.05, 3.63) is 35.6 Å². The average Bonchev–Trinajstić information content (AvgIpc) is 2.46. The Hall–Kier alpha value is -1.17. The Morgan fingerprint density at radius 3 is 2.67 bits per heavy atom. The topological polar surface area (TPSA) is 61.4 Å². The summed E-state index contributed by atoms with van der Waals surface area (Å²) >= 11 is 0. The number of amides is 1. The molecule has 4 nitrogen and oxygen atoms in total. The Bertz CT molecular complexity index is 461. The Kier molecular flexibility index (Phi) is 6.58. The summed E-state index contributed by atoms with van der Waals surface area (Å²) in [6, 6.07) is 5.63. The van der Waals surface area contributed by atoms with Crippen LogP contribution in [-0.4, -0.2) is 29.6 Å². The first-order chi connectivity index (χ1) is 9.51. The number of aliphatic hydroxyl groups excluding tert-OH is 1. The molecule has 1 aliphatic rings. The van der Waals surface area contributed by atoms with Crippen LogP contribution in [0, 0.1) is 5.82 Å². The minimum Gasteiger partial charge on any atom is -0.387 e. The van der Waals surface area contributed by atoms with Crippen LogP contribution in [0.4, 0.5) is 4.39 Å². The van der Waals surface area contributed by atoms with Crippen LogP contribution in [0.3, 0.4) is 0 Å². The Balaban J connectivity index is 0.00000220. The molecule has 0 aliphatic carbocycles. The van der Waals surface area contributed by atoms with E-state index in [0.717, 1.165) is 25.8 Å². The fourth-order valence-electron chi connectivity index (χ4n) is 2.44. The monoisotopic (exact) mass is 316 g/mol. The first-order valence-corrected chi connectivity index (χ1v) is 6.98. The molecular formula is C15H22ClFN2O2. The third kappa shape index (κ3) is 4.66. The van der Waals surface area contributed by atoms with E-state index in [1.54, 1.807) is 0 Å². The molecule has 1 fully saturated rings. The molecule has 0 aromatic heterocycles. The molecule has 21 heavy (non-hydrogen) atoms. The van der Waals surface area contributed by atoms with Gasteiger partial charge in [0.25, 0.3) is 0 Å². The van der Waals surface area contributed by atoms with E-state index in [9.17, 15) is 14.3 Å². The molecule has 0 spiro atoms. The summed E-state index contributed by atoms with van der Waals surface area (Å²) < 4.78 is 12.8. The fourth-order valence-corrected chi connectivity index (χ4v) is 2.44. The minimum atomic E-state index is -0.827. The van der Waals surface area contributed by atoms with Gasteiger partial charge in [0.1, 0.15) is 5.82 Å². The Labute approximate surface area is 130 Å². The maximum atomic E-state index is 12.8. The second-order valence-electron chi connectivity index (χ2n) is 5.49. The second-order valence-corrected chi connectivity index (χ2v) is 5.49. The quantitative estimate of drug-likeness (QED) is 0.795. The first kappa shape index (κ1) is 17.9. The molecule has 0 radical (unpaired) electrons. The van der Waals surface area contributed by atoms with Crippen LogP contribution in [0.1, 0.15) is 37.9 Å². The van der Waals surface area contributed by atoms with E-state index < -0.39 is 11.6 Å². The highest BCUT2D eigenvalue weighted by molar-refractivity contribution is 5.86. The number of benzene rings is 1. The van der Waals surface area contributed by atoms with Crippen molar-refractivity contribution in [1.29, 1.82) is 0 Å². The lowest BCUT2D eigenvalue weighted by molar-refractivity contribution is -0.128. The van der Waals surface area contributed by atoms with Crippen LogP contribution >= 0.6 is 12.4 Å². The van der Waals surface area contributed by atoms with E-state index in [-0.39, 0.29) is 30.7 Å². The first-order valence-electron chi connectivity index (χ1n) is 6.98. The van der Waals surface area contributed by atoms with Crippen LogP contribution < -0.4 is 10.6 Å². The van der Waals surface area contributed by atoms with Crippen LogP contribution in [0.5, 0.6) is 0 Å². The van der Waals surface area contributed by atoms with Gasteiger partial charge in [-0.2, -0.15) is 0 Å². The molecule has 1 saturated heterocycles. The van der Waals surface area contributed by atoms with Crippen molar-refractivity contribution in [2.45, 2.75) is 37.8 Å². The summed E-state index contributed by atoms with van der Waals surface area (Å²) in [7, 11) is 0. The van der Waals surface area contributed by atoms with Crippen molar-refractivity contribution in [3.63, 3.8) is 0 Å². The molecule has 6 heteroatoms. The van der Waals surface area contributed by atoms with Crippen molar-refractivity contribution < 1.29 is 14.3 Å². The van der Waals surface area contributed by atoms with E-state index in [1.807, 2.05) is 6.92 Å². The summed E-state index contributed by atoms with van der Waals surface area (Å²) in [5, 5.41) is 16.0. The molecule has 1 heterocycles. The third-order valence-corrected chi connectivity index (χ3v) is 3.83. The fraction of sp³-hybridized carbons (Fsp3) is 0.533. The predicted molar refractivity (Wildman–Crippen MR) is 81.9 cm³/mol. The molecular weight excluding hydrogens is 295 g/mol. The largest absolute Gasteiger partial charge is 0.387 e. The van der Waals surface area contributed by atoms with Gasteiger partial charge in [-0.15, -0.1) is 12.4 Å². The van der Waals surface area contributed by atoms with Crippen molar-refractivity contribution in [1.82, 2.24) is 10.6 Å². The standard InChI is InChI=1S/C15H21FN2O2.ClH/c1-15(8-2-3-9-18-15)14(20)17-10-13(19)11-4-6-12(16)7-5-11;/h4-7,13,18-19H,2-3,8-10H2,1H3,(H,17,20);1H. The van der Waals surface area contributed by atoms with Crippen molar-refractivity contribution in [2.75, 3.05) is 13.1 Å². The SMILES string of the molecule is CC1(C(=O)NCC(O)c2ccc(F)cc2)CCCCN1.Cl. The van der Waals surface area contributed by atoms with Crippen LogP contribution in [0.2, 0.25) is 0 Å². The lowest BCUT2D eigenvalue weighted by Crippen LogP contribution is -2.57. The molecule has 2 atom stereocenters. The van der Waals surface area contributed by atoms with E-state index >= 15 is 0 Å². The van der Waals surface area contributed by atoms with Gasteiger partial charge >= 0.3 is 0 Å². The third-order valence-electron chi connectivity index (χ3n) is 3.83. The molecule has 1 amide bonds. The number of carbonyl (C=O) groups is 1. The van der Waals surface area contributed by atoms with Gasteiger partial charge in [0.05, 0.1) is 11.6 Å². The van der Waals surface area contributed by atoms with Gasteiger partial charge in [-0.05, 0) is 50.4 Å². The lowest BCUT2D eigenvalue weighted by atomic mass is 9.90. The number of hydrogen-bond acceptors (Lipinski definition) is 3. The minimum absolute atomic E-state index is 0.